The van der Waals surface area contributed by atoms with Crippen LogP contribution in [-0.4, -0.2) is 91.7 Å². The van der Waals surface area contributed by atoms with Crippen LogP contribution in [0.2, 0.25) is 10.0 Å². The molecular weight excluding hydrogens is 939 g/mol. The van der Waals surface area contributed by atoms with E-state index in [-0.39, 0.29) is 37.8 Å². The van der Waals surface area contributed by atoms with Crippen LogP contribution < -0.4 is 29.5 Å². The van der Waals surface area contributed by atoms with Crippen LogP contribution >= 0.6 is 53.9 Å². The molecule has 2 aromatic carbocycles. The van der Waals surface area contributed by atoms with Gasteiger partial charge in [-0.25, -0.2) is 23.4 Å². The molecule has 6 rings (SSSR count). The van der Waals surface area contributed by atoms with Crippen molar-refractivity contribution in [3.63, 3.8) is 0 Å². The lowest BCUT2D eigenvalue weighted by Gasteiger charge is -2.19. The van der Waals surface area contributed by atoms with E-state index in [0.717, 1.165) is 65.8 Å². The Morgan fingerprint density at radius 1 is 1.00 bits per heavy atom. The van der Waals surface area contributed by atoms with Gasteiger partial charge in [0.2, 0.25) is 4.80 Å². The van der Waals surface area contributed by atoms with E-state index in [1.807, 2.05) is 5.32 Å². The third-order valence-corrected chi connectivity index (χ3v) is 11.5. The number of ether oxygens (including phenoxy) is 1. The fourth-order valence-electron chi connectivity index (χ4n) is 5.64. The molecule has 0 radical (unpaired) electrons. The van der Waals surface area contributed by atoms with Crippen LogP contribution in [0.1, 0.15) is 45.4 Å². The summed E-state index contributed by atoms with van der Waals surface area (Å²) in [7, 11) is -3.71. The maximum Gasteiger partial charge on any atom is 0.325 e. The van der Waals surface area contributed by atoms with E-state index in [1.54, 1.807) is 16.3 Å². The predicted octanol–water partition coefficient (Wildman–Crippen LogP) is 4.99. The molecule has 2 amide bonds. The van der Waals surface area contributed by atoms with Gasteiger partial charge in [-0.3, -0.25) is 34.0 Å². The summed E-state index contributed by atoms with van der Waals surface area (Å²) in [5, 5.41) is 18.9. The number of carbonyl (C=O) groups excluding carboxylic acids is 2. The molecule has 16 nitrogen and oxygen atoms in total. The molecule has 0 bridgehead atoms. The van der Waals surface area contributed by atoms with Gasteiger partial charge in [-0.15, -0.1) is 18.2 Å². The Balaban J connectivity index is 0.000000255. The second kappa shape index (κ2) is 24.2. The third kappa shape index (κ3) is 15.7. The van der Waals surface area contributed by atoms with E-state index >= 15 is 0 Å². The fourth-order valence-corrected chi connectivity index (χ4v) is 8.11. The number of rotatable bonds is 11. The van der Waals surface area contributed by atoms with E-state index in [2.05, 4.69) is 29.7 Å². The van der Waals surface area contributed by atoms with Crippen LogP contribution in [0.25, 0.3) is 0 Å². The second-order valence-corrected chi connectivity index (χ2v) is 20.5. The van der Waals surface area contributed by atoms with E-state index in [0.29, 0.717) is 57.7 Å². The smallest absolute Gasteiger partial charge is 0.325 e. The van der Waals surface area contributed by atoms with Crippen LogP contribution in [0, 0.1) is 24.0 Å². The predicted molar refractivity (Wildman–Crippen MR) is 235 cm³/mol. The summed E-state index contributed by atoms with van der Waals surface area (Å²) in [6, 6.07) is 4.80. The molecule has 0 fully saturated rings. The minimum atomic E-state index is -4.35. The number of anilines is 1. The highest BCUT2D eigenvalue weighted by Crippen LogP contribution is 2.40. The summed E-state index contributed by atoms with van der Waals surface area (Å²) in [6.07, 6.45) is 15.2. The van der Waals surface area contributed by atoms with Gasteiger partial charge in [-0.1, -0.05) is 29.1 Å². The largest absolute Gasteiger partial charge is 0.778 e. The lowest BCUT2D eigenvalue weighted by Crippen LogP contribution is -2.32. The number of amides is 2. The van der Waals surface area contributed by atoms with Crippen LogP contribution in [0.3, 0.4) is 0 Å². The van der Waals surface area contributed by atoms with Crippen molar-refractivity contribution >= 4 is 99.9 Å². The zero-order valence-corrected chi connectivity index (χ0v) is 38.7. The van der Waals surface area contributed by atoms with Crippen molar-refractivity contribution in [2.75, 3.05) is 42.3 Å². The Bertz CT molecular complexity index is 2380. The number of hydrogen-bond donors (Lipinski definition) is 4. The molecule has 2 unspecified atom stereocenters. The Kier molecular flexibility index (Phi) is 20.4. The molecule has 4 N–H and O–H groups in total. The van der Waals surface area contributed by atoms with Gasteiger partial charge in [0.15, 0.2) is 6.10 Å². The van der Waals surface area contributed by atoms with Gasteiger partial charge in [0, 0.05) is 35.2 Å². The number of imide groups is 1. The van der Waals surface area contributed by atoms with E-state index in [9.17, 15) is 42.2 Å². The summed E-state index contributed by atoms with van der Waals surface area (Å²) in [4.78, 5) is 81.4. The zero-order valence-electron chi connectivity index (χ0n) is 33.8. The molecule has 338 valence electrons. The molecule has 24 heteroatoms. The third-order valence-electron chi connectivity index (χ3n) is 8.22. The molecule has 3 aliphatic rings. The number of nitrogens with one attached hydrogen (secondary N) is 1. The van der Waals surface area contributed by atoms with Gasteiger partial charge in [0.1, 0.15) is 30.7 Å². The first-order chi connectivity index (χ1) is 29.0. The number of carboxylic acid groups (broad SMARTS) is 2. The van der Waals surface area contributed by atoms with Crippen molar-refractivity contribution in [3.05, 3.63) is 71.6 Å². The molecule has 0 saturated carbocycles. The number of nitrogens with zero attached hydrogens (tertiary/aromatic N) is 4. The van der Waals surface area contributed by atoms with Crippen molar-refractivity contribution in [1.82, 2.24) is 14.7 Å². The van der Waals surface area contributed by atoms with Crippen molar-refractivity contribution in [2.45, 2.75) is 69.5 Å². The number of thioether (sulfide) groups is 1. The number of aromatic nitrogens is 2. The standard InChI is InChI=1S/C18H15ClFNO3.C14H13ClFN3O3S2.C3H8NO5P.C3H9S/c1-3-10(2)24-16-9-15(14(20)8-13(16)19)21-17(22)11-6-4-5-7-12(11)18(21)23;15-8-5-9(16)10(6-11(8)23-7-12(20)21)17-13-18-3-1-2-4-19(18)14(22)24-13;5-3(6)1-4-2-10(7,8)9;1-4(2)3/h1,8-10H,4-7H2,2H3;5-6H,1-4,7H2,(H,20,21);4H,1-2H2,(H,5,6)(H2,7,8,9);1-3H3/q;;;+1/p-1. The van der Waals surface area contributed by atoms with Crippen molar-refractivity contribution in [3.8, 4) is 18.1 Å². The Morgan fingerprint density at radius 3 is 2.10 bits per heavy atom. The zero-order chi connectivity index (χ0) is 46.5. The van der Waals surface area contributed by atoms with Crippen LogP contribution in [-0.2, 0) is 47.7 Å². The highest BCUT2D eigenvalue weighted by atomic mass is 35.5. The van der Waals surface area contributed by atoms with Gasteiger partial charge >= 0.3 is 16.8 Å². The minimum absolute atomic E-state index is 0.0233. The molecule has 1 aliphatic carbocycles. The van der Waals surface area contributed by atoms with Crippen molar-refractivity contribution in [1.29, 1.82) is 0 Å². The SMILES string of the molecule is C#CC(C)Oc1cc(N2C(=O)C3=C(CCCC3)C2=O)c(F)cc1Cl.C[S+](C)C.O=C(O)CNCP(=O)([O-])O.O=C(O)CSc1cc(N=c2sc(=O)n3n2CCCC3)c(F)cc1Cl. The topological polar surface area (TPSA) is 233 Å². The first kappa shape index (κ1) is 52.4. The molecule has 3 aromatic rings. The van der Waals surface area contributed by atoms with E-state index in [4.69, 9.17) is 49.5 Å². The molecular formula is C38H44Cl2F2N5O11PS3. The van der Waals surface area contributed by atoms with E-state index in [1.165, 1.54) is 12.1 Å². The molecule has 0 spiro atoms. The number of benzene rings is 2. The number of halogens is 4. The highest BCUT2D eigenvalue weighted by Gasteiger charge is 2.41. The van der Waals surface area contributed by atoms with Gasteiger partial charge in [0.05, 0.1) is 53.1 Å². The van der Waals surface area contributed by atoms with Gasteiger partial charge in [-0.2, -0.15) is 0 Å². The maximum atomic E-state index is 14.4. The summed E-state index contributed by atoms with van der Waals surface area (Å²) in [5.41, 5.74) is 0.846. The van der Waals surface area contributed by atoms with Crippen LogP contribution in [0.4, 0.5) is 20.2 Å². The number of hydrogen-bond acceptors (Lipinski definition) is 12. The Labute approximate surface area is 376 Å². The lowest BCUT2D eigenvalue weighted by atomic mass is 9.93. The molecule has 3 heterocycles. The van der Waals surface area contributed by atoms with Gasteiger partial charge in [0.25, 0.3) is 11.8 Å². The minimum Gasteiger partial charge on any atom is -0.778 e. The first-order valence-corrected chi connectivity index (χ1v) is 25.2. The summed E-state index contributed by atoms with van der Waals surface area (Å²) < 4.78 is 47.3. The van der Waals surface area contributed by atoms with Crippen LogP contribution in [0.15, 0.2) is 50.1 Å². The molecule has 2 atom stereocenters. The van der Waals surface area contributed by atoms with Gasteiger partial charge < -0.3 is 29.3 Å². The number of terminal acetylenes is 1. The molecule has 2 aliphatic heterocycles. The number of carboxylic acids is 2. The average Bonchev–Trinajstić information content (AvgIpc) is 3.63. The average molecular weight is 983 g/mol. The molecule has 62 heavy (non-hydrogen) atoms. The van der Waals surface area contributed by atoms with Crippen molar-refractivity contribution in [2.24, 2.45) is 4.99 Å². The molecule has 0 saturated heterocycles. The quantitative estimate of drug-likeness (QED) is 0.0653. The second-order valence-electron chi connectivity index (χ2n) is 13.7. The Morgan fingerprint density at radius 2 is 1.56 bits per heavy atom. The fraction of sp³-hybridized carbons (Fsp3) is 0.421. The summed E-state index contributed by atoms with van der Waals surface area (Å²) >= 11 is 13.9. The number of fused-ring (bicyclic) bond motifs is 1. The Hall–Kier alpha value is -3.97. The number of carbonyl (C=O) groups is 4. The summed E-state index contributed by atoms with van der Waals surface area (Å²) in [6.45, 7) is 2.44. The monoisotopic (exact) mass is 981 g/mol. The maximum absolute atomic E-state index is 14.4. The van der Waals surface area contributed by atoms with E-state index < -0.39 is 61.9 Å². The number of aliphatic carboxylic acids is 2. The normalized spacial score (nSPS) is 16.0. The van der Waals surface area contributed by atoms with Crippen LogP contribution in [0.5, 0.6) is 5.75 Å². The lowest BCUT2D eigenvalue weighted by molar-refractivity contribution is -0.193. The van der Waals surface area contributed by atoms with Crippen molar-refractivity contribution < 1.29 is 57.3 Å². The highest BCUT2D eigenvalue weighted by molar-refractivity contribution is 8.00. The first-order valence-electron chi connectivity index (χ1n) is 18.4. The van der Waals surface area contributed by atoms with Gasteiger partial charge in [-0.05, 0) is 85.9 Å². The molecule has 1 aromatic heterocycles. The summed E-state index contributed by atoms with van der Waals surface area (Å²) in [5.74, 6) is -2.16.